The van der Waals surface area contributed by atoms with E-state index in [1.807, 2.05) is 19.1 Å². The van der Waals surface area contributed by atoms with Gasteiger partial charge < -0.3 is 19.7 Å². The molecule has 4 atom stereocenters. The third-order valence-electron chi connectivity index (χ3n) is 3.89. The predicted molar refractivity (Wildman–Crippen MR) is 92.0 cm³/mol. The first-order valence-electron chi connectivity index (χ1n) is 7.39. The zero-order valence-corrected chi connectivity index (χ0v) is 14.1. The zero-order chi connectivity index (χ0) is 16.6. The van der Waals surface area contributed by atoms with Crippen molar-refractivity contribution in [1.82, 2.24) is 0 Å². The Morgan fingerprint density at radius 2 is 2.04 bits per heavy atom. The van der Waals surface area contributed by atoms with Gasteiger partial charge >= 0.3 is 5.63 Å². The van der Waals surface area contributed by atoms with Crippen molar-refractivity contribution in [3.05, 3.63) is 40.2 Å². The molecule has 2 aromatic rings. The molecule has 124 valence electrons. The summed E-state index contributed by atoms with van der Waals surface area (Å²) in [6.07, 6.45) is -2.32. The molecule has 1 aromatic heterocycles. The van der Waals surface area contributed by atoms with E-state index >= 15 is 0 Å². The van der Waals surface area contributed by atoms with Crippen LogP contribution in [-0.4, -0.2) is 44.0 Å². The second-order valence-electron chi connectivity index (χ2n) is 5.47. The first kappa shape index (κ1) is 16.9. The van der Waals surface area contributed by atoms with Gasteiger partial charge in [-0.2, -0.15) is 0 Å². The van der Waals surface area contributed by atoms with Gasteiger partial charge in [-0.3, -0.25) is 0 Å². The Morgan fingerprint density at radius 1 is 1.26 bits per heavy atom. The molecule has 0 radical (unpaired) electrons. The van der Waals surface area contributed by atoms with Crippen LogP contribution in [0.1, 0.15) is 12.5 Å². The minimum Gasteiger partial charge on any atom is -0.423 e. The summed E-state index contributed by atoms with van der Waals surface area (Å²) in [5, 5.41) is 30.3. The number of aliphatic hydroxyl groups is 3. The van der Waals surface area contributed by atoms with Crippen molar-refractivity contribution in [3.63, 3.8) is 0 Å². The molecule has 7 heteroatoms. The predicted octanol–water partition coefficient (Wildman–Crippen LogP) is 1.60. The van der Waals surface area contributed by atoms with Crippen LogP contribution in [0.15, 0.2) is 38.4 Å². The van der Waals surface area contributed by atoms with Gasteiger partial charge in [0.2, 0.25) is 0 Å². The van der Waals surface area contributed by atoms with Crippen LogP contribution >= 0.6 is 23.5 Å². The molecule has 1 aromatic carbocycles. The lowest BCUT2D eigenvalue weighted by Gasteiger charge is -2.34. The highest BCUT2D eigenvalue weighted by molar-refractivity contribution is 8.17. The minimum absolute atomic E-state index is 0.285. The zero-order valence-electron chi connectivity index (χ0n) is 12.5. The summed E-state index contributed by atoms with van der Waals surface area (Å²) in [6.45, 7) is 1.98. The Kier molecular flexibility index (Phi) is 5.03. The number of fused-ring (bicyclic) bond motifs is 1. The molecule has 0 spiro atoms. The Bertz CT molecular complexity index is 760. The summed E-state index contributed by atoms with van der Waals surface area (Å²) >= 11 is 2.80. The Morgan fingerprint density at radius 3 is 2.78 bits per heavy atom. The van der Waals surface area contributed by atoms with E-state index in [2.05, 4.69) is 0 Å². The van der Waals surface area contributed by atoms with Gasteiger partial charge in [0, 0.05) is 22.1 Å². The Hall–Kier alpha value is -0.990. The number of aliphatic hydroxyl groups excluding tert-OH is 3. The summed E-state index contributed by atoms with van der Waals surface area (Å²) in [6, 6.07) is 7.11. The van der Waals surface area contributed by atoms with Crippen LogP contribution in [0.25, 0.3) is 11.0 Å². The molecule has 0 unspecified atom stereocenters. The topological polar surface area (TPSA) is 90.9 Å². The van der Waals surface area contributed by atoms with Crippen molar-refractivity contribution in [1.29, 1.82) is 0 Å². The van der Waals surface area contributed by atoms with E-state index in [0.29, 0.717) is 11.3 Å². The molecule has 1 aliphatic heterocycles. The van der Waals surface area contributed by atoms with Crippen LogP contribution in [0, 0.1) is 0 Å². The van der Waals surface area contributed by atoms with Crippen LogP contribution in [-0.2, 0) is 6.42 Å². The summed E-state index contributed by atoms with van der Waals surface area (Å²) in [4.78, 5) is 12.5. The Balaban J connectivity index is 1.88. The van der Waals surface area contributed by atoms with Gasteiger partial charge in [-0.05, 0) is 30.2 Å². The van der Waals surface area contributed by atoms with Crippen LogP contribution in [0.4, 0.5) is 0 Å². The largest absolute Gasteiger partial charge is 0.423 e. The molecule has 0 aliphatic carbocycles. The van der Waals surface area contributed by atoms with Crippen LogP contribution < -0.4 is 5.63 Å². The summed E-state index contributed by atoms with van der Waals surface area (Å²) in [5.74, 6) is 0.374. The summed E-state index contributed by atoms with van der Waals surface area (Å²) in [7, 11) is 0. The molecule has 0 saturated carbocycles. The van der Waals surface area contributed by atoms with Crippen LogP contribution in [0.5, 0.6) is 0 Å². The molecule has 0 amide bonds. The van der Waals surface area contributed by atoms with Crippen molar-refractivity contribution < 1.29 is 19.7 Å². The first-order chi connectivity index (χ1) is 11.0. The summed E-state index contributed by atoms with van der Waals surface area (Å²) < 4.78 is 4.99. The maximum Gasteiger partial charge on any atom is 0.336 e. The lowest BCUT2D eigenvalue weighted by molar-refractivity contribution is -0.0474. The maximum atomic E-state index is 11.6. The number of hydrogen-bond donors (Lipinski definition) is 3. The van der Waals surface area contributed by atoms with E-state index in [1.165, 1.54) is 29.6 Å². The second-order valence-corrected chi connectivity index (χ2v) is 8.16. The van der Waals surface area contributed by atoms with Gasteiger partial charge in [0.05, 0.1) is 10.7 Å². The molecule has 0 bridgehead atoms. The molecule has 3 N–H and O–H groups in total. The van der Waals surface area contributed by atoms with Crippen molar-refractivity contribution in [3.8, 4) is 0 Å². The van der Waals surface area contributed by atoms with Gasteiger partial charge in [-0.15, -0.1) is 23.5 Å². The van der Waals surface area contributed by atoms with Gasteiger partial charge in [0.25, 0.3) is 0 Å². The number of hydrogen-bond acceptors (Lipinski definition) is 7. The van der Waals surface area contributed by atoms with Crippen LogP contribution in [0.2, 0.25) is 0 Å². The van der Waals surface area contributed by atoms with E-state index in [9.17, 15) is 20.1 Å². The van der Waals surface area contributed by atoms with Gasteiger partial charge in [-0.25, -0.2) is 4.79 Å². The molecule has 1 aliphatic rings. The van der Waals surface area contributed by atoms with E-state index in [-0.39, 0.29) is 10.2 Å². The smallest absolute Gasteiger partial charge is 0.336 e. The quantitative estimate of drug-likeness (QED) is 0.721. The average molecular weight is 354 g/mol. The number of thioether (sulfide) groups is 2. The third kappa shape index (κ3) is 3.44. The fourth-order valence-electron chi connectivity index (χ4n) is 2.59. The molecular weight excluding hydrogens is 336 g/mol. The number of aryl methyl sites for hydroxylation is 1. The van der Waals surface area contributed by atoms with E-state index in [0.717, 1.165) is 22.3 Å². The van der Waals surface area contributed by atoms with Crippen molar-refractivity contribution in [2.24, 2.45) is 0 Å². The normalized spacial score (nSPS) is 28.2. The number of rotatable bonds is 3. The lowest BCUT2D eigenvalue weighted by Crippen LogP contribution is -2.47. The highest BCUT2D eigenvalue weighted by atomic mass is 32.2. The molecule has 5 nitrogen and oxygen atoms in total. The van der Waals surface area contributed by atoms with Crippen molar-refractivity contribution >= 4 is 34.5 Å². The van der Waals surface area contributed by atoms with E-state index < -0.39 is 18.3 Å². The van der Waals surface area contributed by atoms with Gasteiger partial charge in [0.1, 0.15) is 17.8 Å². The van der Waals surface area contributed by atoms with Crippen LogP contribution in [0.3, 0.4) is 0 Å². The summed E-state index contributed by atoms with van der Waals surface area (Å²) in [5.41, 5.74) is 1.09. The molecule has 2 heterocycles. The fourth-order valence-corrected chi connectivity index (χ4v) is 5.27. The van der Waals surface area contributed by atoms with Crippen molar-refractivity contribution in [2.75, 3.05) is 5.75 Å². The van der Waals surface area contributed by atoms with E-state index in [4.69, 9.17) is 4.42 Å². The monoisotopic (exact) mass is 354 g/mol. The minimum atomic E-state index is -1.14. The molecule has 23 heavy (non-hydrogen) atoms. The molecule has 3 rings (SSSR count). The third-order valence-corrected chi connectivity index (χ3v) is 6.76. The first-order valence-corrected chi connectivity index (χ1v) is 9.31. The van der Waals surface area contributed by atoms with Gasteiger partial charge in [0.15, 0.2) is 0 Å². The maximum absolute atomic E-state index is 11.6. The Labute approximate surface area is 141 Å². The SMILES string of the molecule is CCc1cc(=O)oc2cc(S[C@@H]3SC[C@@H](O)[C@H](O)[C@H]3O)ccc12. The lowest BCUT2D eigenvalue weighted by atomic mass is 10.1. The van der Waals surface area contributed by atoms with E-state index in [1.54, 1.807) is 6.07 Å². The highest BCUT2D eigenvalue weighted by Gasteiger charge is 2.37. The van der Waals surface area contributed by atoms with Gasteiger partial charge in [-0.1, -0.05) is 6.92 Å². The number of benzene rings is 1. The highest BCUT2D eigenvalue weighted by Crippen LogP contribution is 2.39. The standard InChI is InChI=1S/C16H18O5S2/c1-2-8-5-13(18)21-12-6-9(3-4-10(8)12)23-16-15(20)14(19)11(17)7-22-16/h3-6,11,14-17,19-20H,2,7H2,1H3/t11-,14+,15-,16+/m1/s1. The second kappa shape index (κ2) is 6.86. The fraction of sp³-hybridized carbons (Fsp3) is 0.438. The molecular formula is C16H18O5S2. The molecule has 1 saturated heterocycles. The molecule has 1 fully saturated rings. The average Bonchev–Trinajstić information content (AvgIpc) is 2.54. The van der Waals surface area contributed by atoms with Crippen molar-refractivity contribution in [2.45, 2.75) is 41.1 Å².